The molecule has 0 aromatic heterocycles. The SMILES string of the molecule is COc1ccc(C[NH+]2CCN(S(=O)(=O)c3cccc(Br)c3)CC2)cc1OC. The molecule has 1 heterocycles. The van der Waals surface area contributed by atoms with Gasteiger partial charge in [0, 0.05) is 10.0 Å². The quantitative estimate of drug-likeness (QED) is 0.717. The number of methoxy groups -OCH3 is 2. The third-order valence-corrected chi connectivity index (χ3v) is 7.15. The number of piperazine rings is 1. The van der Waals surface area contributed by atoms with Crippen LogP contribution >= 0.6 is 15.9 Å². The number of halogens is 1. The summed E-state index contributed by atoms with van der Waals surface area (Å²) < 4.78 is 38.6. The van der Waals surface area contributed by atoms with Crippen molar-refractivity contribution in [1.82, 2.24) is 4.31 Å². The third-order valence-electron chi connectivity index (χ3n) is 4.77. The first kappa shape index (κ1) is 20.1. The van der Waals surface area contributed by atoms with Crippen LogP contribution in [0.1, 0.15) is 5.56 Å². The number of nitrogens with zero attached hydrogens (tertiary/aromatic N) is 1. The van der Waals surface area contributed by atoms with Gasteiger partial charge in [-0.25, -0.2) is 8.42 Å². The minimum Gasteiger partial charge on any atom is -0.493 e. The van der Waals surface area contributed by atoms with Gasteiger partial charge in [-0.05, 0) is 36.4 Å². The van der Waals surface area contributed by atoms with E-state index in [4.69, 9.17) is 9.47 Å². The van der Waals surface area contributed by atoms with Crippen LogP contribution in [0.15, 0.2) is 51.8 Å². The van der Waals surface area contributed by atoms with Crippen molar-refractivity contribution in [2.45, 2.75) is 11.4 Å². The molecule has 0 atom stereocenters. The fourth-order valence-corrected chi connectivity index (χ4v) is 5.31. The van der Waals surface area contributed by atoms with Gasteiger partial charge in [0.25, 0.3) is 0 Å². The van der Waals surface area contributed by atoms with Gasteiger partial charge in [0.2, 0.25) is 10.0 Å². The molecule has 8 heteroatoms. The Morgan fingerprint density at radius 3 is 2.37 bits per heavy atom. The van der Waals surface area contributed by atoms with E-state index in [2.05, 4.69) is 15.9 Å². The molecule has 0 unspecified atom stereocenters. The third kappa shape index (κ3) is 4.63. The van der Waals surface area contributed by atoms with Crippen molar-refractivity contribution in [3.05, 3.63) is 52.5 Å². The largest absolute Gasteiger partial charge is 0.493 e. The highest BCUT2D eigenvalue weighted by Crippen LogP contribution is 2.27. The van der Waals surface area contributed by atoms with Gasteiger partial charge in [-0.2, -0.15) is 4.31 Å². The Labute approximate surface area is 168 Å². The van der Waals surface area contributed by atoms with Crippen molar-refractivity contribution in [2.24, 2.45) is 0 Å². The molecule has 0 bridgehead atoms. The van der Waals surface area contributed by atoms with E-state index < -0.39 is 10.0 Å². The number of nitrogens with one attached hydrogen (secondary N) is 1. The molecule has 0 amide bonds. The zero-order valence-corrected chi connectivity index (χ0v) is 17.8. The van der Waals surface area contributed by atoms with Crippen LogP contribution in [0.2, 0.25) is 0 Å². The highest BCUT2D eigenvalue weighted by molar-refractivity contribution is 9.10. The standard InChI is InChI=1S/C19H23BrN2O4S/c1-25-18-7-6-15(12-19(18)26-2)14-21-8-10-22(11-9-21)27(23,24)17-5-3-4-16(20)13-17/h3-7,12-13H,8-11,14H2,1-2H3/p+1. The first-order valence-corrected chi connectivity index (χ1v) is 11.0. The van der Waals surface area contributed by atoms with Crippen LogP contribution in [0.25, 0.3) is 0 Å². The van der Waals surface area contributed by atoms with Gasteiger partial charge in [0.1, 0.15) is 6.54 Å². The number of hydrogen-bond acceptors (Lipinski definition) is 4. The number of benzene rings is 2. The molecule has 0 spiro atoms. The second-order valence-corrected chi connectivity index (χ2v) is 9.33. The van der Waals surface area contributed by atoms with Crippen molar-refractivity contribution in [1.29, 1.82) is 0 Å². The van der Waals surface area contributed by atoms with E-state index in [0.29, 0.717) is 29.5 Å². The van der Waals surface area contributed by atoms with Gasteiger partial charge in [-0.15, -0.1) is 0 Å². The molecule has 0 aliphatic carbocycles. The summed E-state index contributed by atoms with van der Waals surface area (Å²) in [5.74, 6) is 1.42. The Bertz CT molecular complexity index is 896. The van der Waals surface area contributed by atoms with Crippen LogP contribution in [0, 0.1) is 0 Å². The Balaban J connectivity index is 1.64. The van der Waals surface area contributed by atoms with Crippen molar-refractivity contribution in [3.63, 3.8) is 0 Å². The predicted octanol–water partition coefficient (Wildman–Crippen LogP) is 1.56. The second kappa shape index (κ2) is 8.60. The highest BCUT2D eigenvalue weighted by atomic mass is 79.9. The first-order valence-electron chi connectivity index (χ1n) is 8.74. The van der Waals surface area contributed by atoms with Crippen LogP contribution in [-0.2, 0) is 16.6 Å². The smallest absolute Gasteiger partial charge is 0.243 e. The van der Waals surface area contributed by atoms with Crippen molar-refractivity contribution in [3.8, 4) is 11.5 Å². The lowest BCUT2D eigenvalue weighted by atomic mass is 10.1. The molecule has 0 saturated carbocycles. The maximum absolute atomic E-state index is 12.8. The molecule has 2 aromatic rings. The zero-order chi connectivity index (χ0) is 19.4. The Hall–Kier alpha value is -1.61. The van der Waals surface area contributed by atoms with Gasteiger partial charge >= 0.3 is 0 Å². The van der Waals surface area contributed by atoms with Gasteiger partial charge in [0.05, 0.1) is 45.3 Å². The molecule has 6 nitrogen and oxygen atoms in total. The molecule has 146 valence electrons. The first-order chi connectivity index (χ1) is 12.9. The van der Waals surface area contributed by atoms with Crippen molar-refractivity contribution < 1.29 is 22.8 Å². The molecular weight excluding hydrogens is 432 g/mol. The summed E-state index contributed by atoms with van der Waals surface area (Å²) in [4.78, 5) is 1.68. The van der Waals surface area contributed by atoms with Crippen molar-refractivity contribution >= 4 is 26.0 Å². The average molecular weight is 456 g/mol. The fraction of sp³-hybridized carbons (Fsp3) is 0.368. The van der Waals surface area contributed by atoms with Crippen molar-refractivity contribution in [2.75, 3.05) is 40.4 Å². The summed E-state index contributed by atoms with van der Waals surface area (Å²) in [5.41, 5.74) is 1.14. The van der Waals surface area contributed by atoms with E-state index >= 15 is 0 Å². The molecule has 1 saturated heterocycles. The molecule has 0 radical (unpaired) electrons. The number of rotatable bonds is 6. The average Bonchev–Trinajstić information content (AvgIpc) is 2.68. The minimum absolute atomic E-state index is 0.334. The summed E-state index contributed by atoms with van der Waals surface area (Å²) in [6, 6.07) is 12.8. The van der Waals surface area contributed by atoms with Gasteiger partial charge in [0.15, 0.2) is 11.5 Å². The molecule has 27 heavy (non-hydrogen) atoms. The van der Waals surface area contributed by atoms with E-state index in [9.17, 15) is 8.42 Å². The number of quaternary nitrogens is 1. The summed E-state index contributed by atoms with van der Waals surface area (Å²) in [5, 5.41) is 0. The molecule has 1 fully saturated rings. The molecule has 1 N–H and O–H groups in total. The fourth-order valence-electron chi connectivity index (χ4n) is 3.28. The summed E-state index contributed by atoms with van der Waals surface area (Å²) in [6.07, 6.45) is 0. The summed E-state index contributed by atoms with van der Waals surface area (Å²) in [6.45, 7) is 3.38. The van der Waals surface area contributed by atoms with Crippen LogP contribution in [0.4, 0.5) is 0 Å². The van der Waals surface area contributed by atoms with Crippen LogP contribution in [0.5, 0.6) is 11.5 Å². The summed E-state index contributed by atoms with van der Waals surface area (Å²) >= 11 is 3.34. The van der Waals surface area contributed by atoms with E-state index in [1.165, 1.54) is 4.90 Å². The van der Waals surface area contributed by atoms with Crippen LogP contribution in [0.3, 0.4) is 0 Å². The van der Waals surface area contributed by atoms with E-state index in [0.717, 1.165) is 29.7 Å². The Kier molecular flexibility index (Phi) is 6.41. The molecule has 3 rings (SSSR count). The van der Waals surface area contributed by atoms with Gasteiger partial charge < -0.3 is 14.4 Å². The lowest BCUT2D eigenvalue weighted by Crippen LogP contribution is -3.13. The normalized spacial score (nSPS) is 16.3. The summed E-state index contributed by atoms with van der Waals surface area (Å²) in [7, 11) is -0.203. The lowest BCUT2D eigenvalue weighted by molar-refractivity contribution is -0.917. The number of sulfonamides is 1. The maximum Gasteiger partial charge on any atom is 0.243 e. The number of ether oxygens (including phenoxy) is 2. The van der Waals surface area contributed by atoms with E-state index in [-0.39, 0.29) is 0 Å². The van der Waals surface area contributed by atoms with Gasteiger partial charge in [-0.3, -0.25) is 0 Å². The number of hydrogen-bond donors (Lipinski definition) is 1. The van der Waals surface area contributed by atoms with Crippen LogP contribution in [-0.4, -0.2) is 53.1 Å². The molecule has 1 aliphatic heterocycles. The van der Waals surface area contributed by atoms with Crippen LogP contribution < -0.4 is 14.4 Å². The monoisotopic (exact) mass is 455 g/mol. The van der Waals surface area contributed by atoms with Gasteiger partial charge in [-0.1, -0.05) is 22.0 Å². The topological polar surface area (TPSA) is 60.3 Å². The Morgan fingerprint density at radius 1 is 1.04 bits per heavy atom. The predicted molar refractivity (Wildman–Crippen MR) is 107 cm³/mol. The minimum atomic E-state index is -3.45. The molecule has 2 aromatic carbocycles. The second-order valence-electron chi connectivity index (χ2n) is 6.48. The Morgan fingerprint density at radius 2 is 1.74 bits per heavy atom. The molecular formula is C19H24BrN2O4S+. The molecule has 1 aliphatic rings. The highest BCUT2D eigenvalue weighted by Gasteiger charge is 2.30. The van der Waals surface area contributed by atoms with E-state index in [1.54, 1.807) is 36.7 Å². The zero-order valence-electron chi connectivity index (χ0n) is 15.4. The van der Waals surface area contributed by atoms with E-state index in [1.807, 2.05) is 24.3 Å². The lowest BCUT2D eigenvalue weighted by Gasteiger charge is -2.31. The maximum atomic E-state index is 12.8.